The van der Waals surface area contributed by atoms with E-state index in [9.17, 15) is 13.6 Å². The lowest BCUT2D eigenvalue weighted by atomic mass is 10.0. The van der Waals surface area contributed by atoms with Crippen LogP contribution in [0.3, 0.4) is 0 Å². The standard InChI is InChI=1S/C25H21F2NO2/c1-2-3-4-5-17-6-8-18(9-7-17)19-10-12-20(13-11-19)25(29)30-22-15-14-21(16-28)23(26)24(22)27/h6-15H,2-5H2,1H3. The summed E-state index contributed by atoms with van der Waals surface area (Å²) >= 11 is 0. The van der Waals surface area contributed by atoms with Gasteiger partial charge in [-0.2, -0.15) is 9.65 Å². The summed E-state index contributed by atoms with van der Waals surface area (Å²) in [7, 11) is 0. The molecule has 0 saturated carbocycles. The van der Waals surface area contributed by atoms with Gasteiger partial charge in [0.2, 0.25) is 5.82 Å². The fourth-order valence-corrected chi connectivity index (χ4v) is 3.10. The predicted molar refractivity (Wildman–Crippen MR) is 111 cm³/mol. The molecule has 0 amide bonds. The van der Waals surface area contributed by atoms with E-state index in [4.69, 9.17) is 10.00 Å². The molecule has 0 unspecified atom stereocenters. The fraction of sp³-hybridized carbons (Fsp3) is 0.200. The molecule has 0 fully saturated rings. The Balaban J connectivity index is 1.69. The van der Waals surface area contributed by atoms with Gasteiger partial charge in [0.25, 0.3) is 0 Å². The van der Waals surface area contributed by atoms with Crippen LogP contribution >= 0.6 is 0 Å². The molecule has 0 aromatic heterocycles. The molecule has 3 aromatic carbocycles. The number of ether oxygens (including phenoxy) is 1. The van der Waals surface area contributed by atoms with Gasteiger partial charge in [0, 0.05) is 0 Å². The molecule has 3 aromatic rings. The molecular formula is C25H21F2NO2. The minimum atomic E-state index is -1.36. The average Bonchev–Trinajstić information content (AvgIpc) is 2.78. The summed E-state index contributed by atoms with van der Waals surface area (Å²) in [6, 6.07) is 18.7. The van der Waals surface area contributed by atoms with E-state index in [1.54, 1.807) is 24.3 Å². The van der Waals surface area contributed by atoms with Gasteiger partial charge in [0.15, 0.2) is 11.6 Å². The SMILES string of the molecule is CCCCCc1ccc(-c2ccc(C(=O)Oc3ccc(C#N)c(F)c3F)cc2)cc1. The Morgan fingerprint density at radius 2 is 1.53 bits per heavy atom. The number of aryl methyl sites for hydroxylation is 1. The van der Waals surface area contributed by atoms with E-state index in [0.717, 1.165) is 29.7 Å². The van der Waals surface area contributed by atoms with Gasteiger partial charge >= 0.3 is 5.97 Å². The van der Waals surface area contributed by atoms with Crippen LogP contribution in [0, 0.1) is 23.0 Å². The van der Waals surface area contributed by atoms with Crippen LogP contribution in [-0.4, -0.2) is 5.97 Å². The molecule has 0 atom stereocenters. The first kappa shape index (κ1) is 21.2. The maximum atomic E-state index is 13.9. The van der Waals surface area contributed by atoms with Crippen molar-refractivity contribution in [2.45, 2.75) is 32.6 Å². The first-order valence-corrected chi connectivity index (χ1v) is 9.83. The van der Waals surface area contributed by atoms with Gasteiger partial charge in [-0.25, -0.2) is 9.18 Å². The number of nitrogens with zero attached hydrogens (tertiary/aromatic N) is 1. The predicted octanol–water partition coefficient (Wildman–Crippen LogP) is 6.46. The zero-order valence-electron chi connectivity index (χ0n) is 16.6. The van der Waals surface area contributed by atoms with Gasteiger partial charge in [-0.1, -0.05) is 56.2 Å². The van der Waals surface area contributed by atoms with Crippen LogP contribution in [0.1, 0.15) is 47.7 Å². The molecule has 0 heterocycles. The Bertz CT molecular complexity index is 1070. The molecule has 0 radical (unpaired) electrons. The van der Waals surface area contributed by atoms with Crippen molar-refractivity contribution in [3.8, 4) is 22.9 Å². The van der Waals surface area contributed by atoms with Crippen LogP contribution in [0.2, 0.25) is 0 Å². The lowest BCUT2D eigenvalue weighted by molar-refractivity contribution is 0.0726. The smallest absolute Gasteiger partial charge is 0.343 e. The van der Waals surface area contributed by atoms with Gasteiger partial charge in [-0.3, -0.25) is 0 Å². The molecule has 0 aliphatic heterocycles. The normalized spacial score (nSPS) is 10.5. The van der Waals surface area contributed by atoms with E-state index >= 15 is 0 Å². The number of halogens is 2. The molecule has 0 bridgehead atoms. The second-order valence-electron chi connectivity index (χ2n) is 6.97. The molecule has 0 saturated heterocycles. The summed E-state index contributed by atoms with van der Waals surface area (Å²) < 4.78 is 32.6. The summed E-state index contributed by atoms with van der Waals surface area (Å²) in [5.74, 6) is -4.07. The molecule has 0 aliphatic rings. The van der Waals surface area contributed by atoms with E-state index in [-0.39, 0.29) is 5.56 Å². The Morgan fingerprint density at radius 3 is 2.13 bits per heavy atom. The molecule has 152 valence electrons. The summed E-state index contributed by atoms with van der Waals surface area (Å²) in [6.07, 6.45) is 4.65. The highest BCUT2D eigenvalue weighted by Crippen LogP contribution is 2.25. The highest BCUT2D eigenvalue weighted by Gasteiger charge is 2.18. The summed E-state index contributed by atoms with van der Waals surface area (Å²) in [5, 5.41) is 8.71. The van der Waals surface area contributed by atoms with Crippen LogP contribution in [0.5, 0.6) is 5.75 Å². The van der Waals surface area contributed by atoms with Gasteiger partial charge < -0.3 is 4.74 Å². The van der Waals surface area contributed by atoms with Crippen molar-refractivity contribution < 1.29 is 18.3 Å². The van der Waals surface area contributed by atoms with Gasteiger partial charge in [0.1, 0.15) is 6.07 Å². The van der Waals surface area contributed by atoms with Crippen molar-refractivity contribution in [2.24, 2.45) is 0 Å². The summed E-state index contributed by atoms with van der Waals surface area (Å²) in [4.78, 5) is 12.3. The van der Waals surface area contributed by atoms with Crippen molar-refractivity contribution in [3.05, 3.63) is 89.0 Å². The maximum Gasteiger partial charge on any atom is 0.343 e. The number of nitriles is 1. The fourth-order valence-electron chi connectivity index (χ4n) is 3.10. The average molecular weight is 405 g/mol. The summed E-state index contributed by atoms with van der Waals surface area (Å²) in [5.41, 5.74) is 3.01. The number of carbonyl (C=O) groups is 1. The third-order valence-corrected chi connectivity index (χ3v) is 4.85. The first-order valence-electron chi connectivity index (χ1n) is 9.83. The van der Waals surface area contributed by atoms with Crippen LogP contribution < -0.4 is 4.74 Å². The Kier molecular flexibility index (Phi) is 6.92. The number of carbonyl (C=O) groups excluding carboxylic acids is 1. The molecular weight excluding hydrogens is 384 g/mol. The maximum absolute atomic E-state index is 13.9. The zero-order valence-corrected chi connectivity index (χ0v) is 16.6. The second kappa shape index (κ2) is 9.80. The Hall–Kier alpha value is -3.52. The minimum Gasteiger partial charge on any atom is -0.420 e. The highest BCUT2D eigenvalue weighted by atomic mass is 19.2. The second-order valence-corrected chi connectivity index (χ2v) is 6.97. The molecule has 0 N–H and O–H groups in total. The van der Waals surface area contributed by atoms with Crippen LogP contribution in [0.25, 0.3) is 11.1 Å². The van der Waals surface area contributed by atoms with Crippen molar-refractivity contribution in [2.75, 3.05) is 0 Å². The van der Waals surface area contributed by atoms with Crippen LogP contribution in [-0.2, 0) is 6.42 Å². The zero-order chi connectivity index (χ0) is 21.5. The quantitative estimate of drug-likeness (QED) is 0.258. The molecule has 5 heteroatoms. The Labute approximate surface area is 174 Å². The highest BCUT2D eigenvalue weighted by molar-refractivity contribution is 5.91. The number of hydrogen-bond donors (Lipinski definition) is 0. The molecule has 0 aliphatic carbocycles. The van der Waals surface area contributed by atoms with E-state index in [0.29, 0.717) is 0 Å². The Morgan fingerprint density at radius 1 is 0.900 bits per heavy atom. The molecule has 30 heavy (non-hydrogen) atoms. The third-order valence-electron chi connectivity index (χ3n) is 4.85. The molecule has 3 rings (SSSR count). The topological polar surface area (TPSA) is 50.1 Å². The molecule has 3 nitrogen and oxygen atoms in total. The van der Waals surface area contributed by atoms with Crippen molar-refractivity contribution in [1.82, 2.24) is 0 Å². The lowest BCUT2D eigenvalue weighted by Crippen LogP contribution is -2.10. The van der Waals surface area contributed by atoms with Gasteiger partial charge in [-0.05, 0) is 53.8 Å². The van der Waals surface area contributed by atoms with E-state index in [1.807, 2.05) is 12.1 Å². The minimum absolute atomic E-state index is 0.208. The monoisotopic (exact) mass is 405 g/mol. The van der Waals surface area contributed by atoms with Gasteiger partial charge in [0.05, 0.1) is 11.1 Å². The van der Waals surface area contributed by atoms with E-state index < -0.39 is 28.9 Å². The number of unbranched alkanes of at least 4 members (excludes halogenated alkanes) is 2. The van der Waals surface area contributed by atoms with E-state index in [2.05, 4.69) is 19.1 Å². The van der Waals surface area contributed by atoms with E-state index in [1.165, 1.54) is 30.9 Å². The van der Waals surface area contributed by atoms with Crippen LogP contribution in [0.4, 0.5) is 8.78 Å². The largest absolute Gasteiger partial charge is 0.420 e. The first-order chi connectivity index (χ1) is 14.5. The lowest BCUT2D eigenvalue weighted by Gasteiger charge is -2.08. The number of benzene rings is 3. The number of rotatable bonds is 7. The third kappa shape index (κ3) is 4.90. The van der Waals surface area contributed by atoms with Gasteiger partial charge in [-0.15, -0.1) is 0 Å². The van der Waals surface area contributed by atoms with Crippen molar-refractivity contribution in [3.63, 3.8) is 0 Å². The van der Waals surface area contributed by atoms with Crippen molar-refractivity contribution in [1.29, 1.82) is 5.26 Å². The number of esters is 1. The molecule has 0 spiro atoms. The van der Waals surface area contributed by atoms with Crippen molar-refractivity contribution >= 4 is 5.97 Å². The van der Waals surface area contributed by atoms with Crippen LogP contribution in [0.15, 0.2) is 60.7 Å². The number of hydrogen-bond acceptors (Lipinski definition) is 3. The summed E-state index contributed by atoms with van der Waals surface area (Å²) in [6.45, 7) is 2.18.